The Balaban J connectivity index is 1.82. The second-order valence-electron chi connectivity index (χ2n) is 4.63. The van der Waals surface area contributed by atoms with Gasteiger partial charge >= 0.3 is 0 Å². The summed E-state index contributed by atoms with van der Waals surface area (Å²) in [5, 5.41) is 12.9. The van der Waals surface area contributed by atoms with Crippen LogP contribution >= 0.6 is 0 Å². The van der Waals surface area contributed by atoms with E-state index in [-0.39, 0.29) is 12.6 Å². The Morgan fingerprint density at radius 1 is 1.35 bits per heavy atom. The molecule has 2 rings (SSSR count). The number of nitrogens with one attached hydrogen (secondary N) is 1. The van der Waals surface area contributed by atoms with Crippen LogP contribution in [0.2, 0.25) is 0 Å². The maximum atomic E-state index is 9.44. The first-order valence-corrected chi connectivity index (χ1v) is 6.36. The van der Waals surface area contributed by atoms with Crippen molar-refractivity contribution in [2.75, 3.05) is 19.8 Å². The smallest absolute Gasteiger partial charge is 0.0588 e. The molecule has 1 aromatic carbocycles. The van der Waals surface area contributed by atoms with Crippen LogP contribution in [-0.2, 0) is 11.3 Å². The number of hydrogen-bond donors (Lipinski definition) is 2. The van der Waals surface area contributed by atoms with Gasteiger partial charge in [-0.25, -0.2) is 0 Å². The van der Waals surface area contributed by atoms with Crippen molar-refractivity contribution in [1.29, 1.82) is 0 Å². The molecule has 3 nitrogen and oxygen atoms in total. The van der Waals surface area contributed by atoms with Gasteiger partial charge in [-0.15, -0.1) is 0 Å². The maximum absolute atomic E-state index is 9.44. The summed E-state index contributed by atoms with van der Waals surface area (Å²) in [5.41, 5.74) is 1.25. The molecule has 1 fully saturated rings. The largest absolute Gasteiger partial charge is 0.395 e. The lowest BCUT2D eigenvalue weighted by atomic mass is 9.94. The second-order valence-corrected chi connectivity index (χ2v) is 4.63. The van der Waals surface area contributed by atoms with E-state index >= 15 is 0 Å². The average Bonchev–Trinajstić information content (AvgIpc) is 2.42. The van der Waals surface area contributed by atoms with E-state index in [1.54, 1.807) is 0 Å². The molecule has 1 saturated heterocycles. The van der Waals surface area contributed by atoms with Crippen LogP contribution < -0.4 is 5.32 Å². The fourth-order valence-corrected chi connectivity index (χ4v) is 2.31. The summed E-state index contributed by atoms with van der Waals surface area (Å²) < 4.78 is 5.47. The van der Waals surface area contributed by atoms with Gasteiger partial charge in [0.15, 0.2) is 0 Å². The van der Waals surface area contributed by atoms with Gasteiger partial charge in [0.2, 0.25) is 0 Å². The standard InChI is InChI=1S/C14H21NO2/c16-10-14(13-7-4-8-17-11-13)15-9-12-5-2-1-3-6-12/h1-3,5-6,13-16H,4,7-11H2. The number of aliphatic hydroxyl groups excluding tert-OH is 1. The Bertz CT molecular complexity index is 309. The summed E-state index contributed by atoms with van der Waals surface area (Å²) in [6.07, 6.45) is 2.25. The van der Waals surface area contributed by atoms with E-state index < -0.39 is 0 Å². The minimum absolute atomic E-state index is 0.149. The van der Waals surface area contributed by atoms with Crippen LogP contribution in [0.15, 0.2) is 30.3 Å². The van der Waals surface area contributed by atoms with Gasteiger partial charge < -0.3 is 15.2 Å². The molecule has 3 heteroatoms. The Kier molecular flexibility index (Phi) is 4.98. The van der Waals surface area contributed by atoms with Crippen molar-refractivity contribution in [3.8, 4) is 0 Å². The highest BCUT2D eigenvalue weighted by molar-refractivity contribution is 5.14. The molecule has 17 heavy (non-hydrogen) atoms. The lowest BCUT2D eigenvalue weighted by Crippen LogP contribution is -2.42. The first-order valence-electron chi connectivity index (χ1n) is 6.36. The van der Waals surface area contributed by atoms with E-state index in [0.29, 0.717) is 5.92 Å². The van der Waals surface area contributed by atoms with E-state index in [9.17, 15) is 5.11 Å². The number of aliphatic hydroxyl groups is 1. The maximum Gasteiger partial charge on any atom is 0.0588 e. The van der Waals surface area contributed by atoms with Crippen LogP contribution in [0.4, 0.5) is 0 Å². The molecule has 1 heterocycles. The first kappa shape index (κ1) is 12.6. The molecular formula is C14H21NO2. The monoisotopic (exact) mass is 235 g/mol. The number of hydrogen-bond acceptors (Lipinski definition) is 3. The highest BCUT2D eigenvalue weighted by atomic mass is 16.5. The zero-order valence-electron chi connectivity index (χ0n) is 10.1. The van der Waals surface area contributed by atoms with E-state index in [4.69, 9.17) is 4.74 Å². The fourth-order valence-electron chi connectivity index (χ4n) is 2.31. The molecule has 0 aromatic heterocycles. The van der Waals surface area contributed by atoms with Gasteiger partial charge in [0.1, 0.15) is 0 Å². The third-order valence-electron chi connectivity index (χ3n) is 3.37. The topological polar surface area (TPSA) is 41.5 Å². The minimum Gasteiger partial charge on any atom is -0.395 e. The molecule has 2 atom stereocenters. The van der Waals surface area contributed by atoms with Crippen LogP contribution in [0.3, 0.4) is 0 Å². The second kappa shape index (κ2) is 6.74. The predicted octanol–water partition coefficient (Wildman–Crippen LogP) is 1.56. The molecule has 0 aliphatic carbocycles. The molecule has 0 amide bonds. The number of ether oxygens (including phenoxy) is 1. The predicted molar refractivity (Wildman–Crippen MR) is 67.7 cm³/mol. The molecule has 1 aliphatic heterocycles. The quantitative estimate of drug-likeness (QED) is 0.814. The molecule has 0 saturated carbocycles. The first-order chi connectivity index (χ1) is 8.40. The zero-order chi connectivity index (χ0) is 11.9. The van der Waals surface area contributed by atoms with Crippen molar-refractivity contribution >= 4 is 0 Å². The Morgan fingerprint density at radius 2 is 2.18 bits per heavy atom. The molecule has 0 radical (unpaired) electrons. The molecule has 2 N–H and O–H groups in total. The SMILES string of the molecule is OCC(NCc1ccccc1)C1CCCOC1. The van der Waals surface area contributed by atoms with Gasteiger partial charge in [0, 0.05) is 19.2 Å². The third-order valence-corrected chi connectivity index (χ3v) is 3.37. The average molecular weight is 235 g/mol. The van der Waals surface area contributed by atoms with Gasteiger partial charge in [-0.1, -0.05) is 30.3 Å². The van der Waals surface area contributed by atoms with Crippen LogP contribution in [0.25, 0.3) is 0 Å². The van der Waals surface area contributed by atoms with E-state index in [2.05, 4.69) is 17.4 Å². The Morgan fingerprint density at radius 3 is 2.82 bits per heavy atom. The van der Waals surface area contributed by atoms with Crippen LogP contribution in [0.5, 0.6) is 0 Å². The summed E-state index contributed by atoms with van der Waals surface area (Å²) in [6, 6.07) is 10.4. The van der Waals surface area contributed by atoms with Crippen LogP contribution in [0, 0.1) is 5.92 Å². The molecule has 2 unspecified atom stereocenters. The van der Waals surface area contributed by atoms with Crippen molar-refractivity contribution in [2.24, 2.45) is 5.92 Å². The molecule has 94 valence electrons. The highest BCUT2D eigenvalue weighted by Crippen LogP contribution is 2.17. The van der Waals surface area contributed by atoms with Gasteiger partial charge in [-0.3, -0.25) is 0 Å². The van der Waals surface area contributed by atoms with Crippen LogP contribution in [-0.4, -0.2) is 31.0 Å². The van der Waals surface area contributed by atoms with E-state index in [1.807, 2.05) is 18.2 Å². The van der Waals surface area contributed by atoms with E-state index in [1.165, 1.54) is 5.56 Å². The molecule has 0 spiro atoms. The number of benzene rings is 1. The summed E-state index contributed by atoms with van der Waals surface area (Å²) in [7, 11) is 0. The van der Waals surface area contributed by atoms with Crippen molar-refractivity contribution in [2.45, 2.75) is 25.4 Å². The van der Waals surface area contributed by atoms with E-state index in [0.717, 1.165) is 32.6 Å². The Hall–Kier alpha value is -0.900. The molecule has 1 aromatic rings. The molecule has 0 bridgehead atoms. The molecular weight excluding hydrogens is 214 g/mol. The highest BCUT2D eigenvalue weighted by Gasteiger charge is 2.22. The van der Waals surface area contributed by atoms with Crippen LogP contribution in [0.1, 0.15) is 18.4 Å². The molecule has 1 aliphatic rings. The number of rotatable bonds is 5. The van der Waals surface area contributed by atoms with Gasteiger partial charge in [0.25, 0.3) is 0 Å². The van der Waals surface area contributed by atoms with Gasteiger partial charge in [-0.05, 0) is 24.3 Å². The lowest BCUT2D eigenvalue weighted by molar-refractivity contribution is 0.0280. The summed E-state index contributed by atoms with van der Waals surface area (Å²) >= 11 is 0. The normalized spacial score (nSPS) is 22.3. The van der Waals surface area contributed by atoms with Gasteiger partial charge in [-0.2, -0.15) is 0 Å². The lowest BCUT2D eigenvalue weighted by Gasteiger charge is -2.29. The summed E-state index contributed by atoms with van der Waals surface area (Å²) in [5.74, 6) is 0.442. The van der Waals surface area contributed by atoms with Crippen molar-refractivity contribution < 1.29 is 9.84 Å². The Labute approximate surface area is 103 Å². The minimum atomic E-state index is 0.149. The summed E-state index contributed by atoms with van der Waals surface area (Å²) in [6.45, 7) is 2.63. The summed E-state index contributed by atoms with van der Waals surface area (Å²) in [4.78, 5) is 0. The van der Waals surface area contributed by atoms with Crippen molar-refractivity contribution in [3.05, 3.63) is 35.9 Å². The zero-order valence-corrected chi connectivity index (χ0v) is 10.1. The van der Waals surface area contributed by atoms with Crippen molar-refractivity contribution in [1.82, 2.24) is 5.32 Å². The fraction of sp³-hybridized carbons (Fsp3) is 0.571. The van der Waals surface area contributed by atoms with Gasteiger partial charge in [0.05, 0.1) is 13.2 Å². The third kappa shape index (κ3) is 3.80. The van der Waals surface area contributed by atoms with Crippen molar-refractivity contribution in [3.63, 3.8) is 0 Å².